The Kier molecular flexibility index (Phi) is 4.27. The van der Waals surface area contributed by atoms with E-state index in [1.807, 2.05) is 18.2 Å². The van der Waals surface area contributed by atoms with E-state index >= 15 is 0 Å². The second-order valence-corrected chi connectivity index (χ2v) is 6.28. The van der Waals surface area contributed by atoms with Crippen molar-refractivity contribution in [1.29, 1.82) is 0 Å². The first-order valence-corrected chi connectivity index (χ1v) is 7.82. The van der Waals surface area contributed by atoms with E-state index in [9.17, 15) is 9.90 Å². The second kappa shape index (κ2) is 6.16. The fourth-order valence-corrected chi connectivity index (χ4v) is 2.98. The van der Waals surface area contributed by atoms with E-state index in [1.165, 1.54) is 18.4 Å². The topological polar surface area (TPSA) is 58.6 Å². The van der Waals surface area contributed by atoms with Gasteiger partial charge >= 0.3 is 0 Å². The maximum Gasteiger partial charge on any atom is 0.246 e. The molecule has 1 saturated carbocycles. The molecule has 1 amide bonds. The molecular weight excluding hydrogens is 266 g/mol. The number of amides is 1. The van der Waals surface area contributed by atoms with Crippen LogP contribution in [0.1, 0.15) is 36.8 Å². The molecule has 0 bridgehead atoms. The first kappa shape index (κ1) is 14.5. The van der Waals surface area contributed by atoms with Gasteiger partial charge in [-0.25, -0.2) is 0 Å². The summed E-state index contributed by atoms with van der Waals surface area (Å²) in [6, 6.07) is 7.95. The van der Waals surface area contributed by atoms with Crippen LogP contribution in [0.2, 0.25) is 0 Å². The predicted octanol–water partition coefficient (Wildman–Crippen LogP) is 1.75. The third-order valence-electron chi connectivity index (χ3n) is 4.42. The van der Waals surface area contributed by atoms with E-state index in [2.05, 4.69) is 11.4 Å². The molecule has 0 saturated heterocycles. The van der Waals surface area contributed by atoms with Crippen LogP contribution in [0.4, 0.5) is 0 Å². The molecule has 2 aliphatic rings. The maximum absolute atomic E-state index is 11.8. The highest BCUT2D eigenvalue weighted by atomic mass is 16.5. The summed E-state index contributed by atoms with van der Waals surface area (Å²) in [6.07, 6.45) is 5.07. The number of nitrogens with one attached hydrogen (secondary N) is 1. The number of carbonyl (C=O) groups is 1. The third-order valence-corrected chi connectivity index (χ3v) is 4.42. The average Bonchev–Trinajstić information content (AvgIpc) is 3.30. The molecule has 3 rings (SSSR count). The highest BCUT2D eigenvalue weighted by Crippen LogP contribution is 2.34. The van der Waals surface area contributed by atoms with Crippen molar-refractivity contribution in [3.8, 4) is 0 Å². The maximum atomic E-state index is 11.8. The van der Waals surface area contributed by atoms with Crippen LogP contribution < -0.4 is 5.32 Å². The largest absolute Gasteiger partial charge is 0.383 e. The van der Waals surface area contributed by atoms with Crippen LogP contribution in [-0.4, -0.2) is 30.8 Å². The van der Waals surface area contributed by atoms with Gasteiger partial charge in [-0.1, -0.05) is 24.3 Å². The van der Waals surface area contributed by atoms with Gasteiger partial charge in [0.2, 0.25) is 5.91 Å². The summed E-state index contributed by atoms with van der Waals surface area (Å²) in [7, 11) is 0. The zero-order chi connectivity index (χ0) is 14.7. The number of rotatable bonds is 6. The molecule has 1 unspecified atom stereocenters. The molecule has 1 atom stereocenters. The number of aliphatic hydroxyl groups is 1. The van der Waals surface area contributed by atoms with E-state index in [1.54, 1.807) is 0 Å². The minimum absolute atomic E-state index is 0.0915. The molecule has 2 aliphatic carbocycles. The van der Waals surface area contributed by atoms with Crippen molar-refractivity contribution in [1.82, 2.24) is 5.32 Å². The molecule has 1 aromatic carbocycles. The quantitative estimate of drug-likeness (QED) is 0.839. The van der Waals surface area contributed by atoms with Crippen LogP contribution in [0, 0.1) is 5.92 Å². The lowest BCUT2D eigenvalue weighted by atomic mass is 9.79. The first-order valence-electron chi connectivity index (χ1n) is 7.82. The first-order chi connectivity index (χ1) is 10.2. The minimum atomic E-state index is -0.943. The Hall–Kier alpha value is -1.39. The zero-order valence-electron chi connectivity index (χ0n) is 12.3. The van der Waals surface area contributed by atoms with Gasteiger partial charge in [0.15, 0.2) is 0 Å². The van der Waals surface area contributed by atoms with Crippen LogP contribution in [0.3, 0.4) is 0 Å². The summed E-state index contributed by atoms with van der Waals surface area (Å²) in [5.41, 5.74) is 1.20. The molecular formula is C17H23NO3. The summed E-state index contributed by atoms with van der Waals surface area (Å²) in [4.78, 5) is 11.8. The van der Waals surface area contributed by atoms with Gasteiger partial charge in [-0.05, 0) is 49.1 Å². The average molecular weight is 289 g/mol. The fourth-order valence-electron chi connectivity index (χ4n) is 2.98. The van der Waals surface area contributed by atoms with Crippen molar-refractivity contribution in [3.05, 3.63) is 35.4 Å². The standard InChI is InChI=1S/C17H23NO3/c19-16(11-21-10-13-7-8-13)18-12-17(20)9-3-5-14-4-1-2-6-15(14)17/h1-2,4,6,13,20H,3,5,7-12H2,(H,18,19). The van der Waals surface area contributed by atoms with Gasteiger partial charge in [0.05, 0.1) is 13.2 Å². The number of benzene rings is 1. The molecule has 0 radical (unpaired) electrons. The Morgan fingerprint density at radius 3 is 3.00 bits per heavy atom. The van der Waals surface area contributed by atoms with Gasteiger partial charge in [0.25, 0.3) is 0 Å². The van der Waals surface area contributed by atoms with E-state index in [-0.39, 0.29) is 19.1 Å². The van der Waals surface area contributed by atoms with Crippen LogP contribution in [0.5, 0.6) is 0 Å². The van der Waals surface area contributed by atoms with Crippen LogP contribution >= 0.6 is 0 Å². The summed E-state index contributed by atoms with van der Waals surface area (Å²) in [6.45, 7) is 1.03. The van der Waals surface area contributed by atoms with Gasteiger partial charge in [-0.15, -0.1) is 0 Å². The lowest BCUT2D eigenvalue weighted by Gasteiger charge is -2.34. The van der Waals surface area contributed by atoms with Crippen molar-refractivity contribution in [2.75, 3.05) is 19.8 Å². The number of fused-ring (bicyclic) bond motifs is 1. The molecule has 0 aliphatic heterocycles. The summed E-state index contributed by atoms with van der Waals surface area (Å²) in [5.74, 6) is 0.513. The minimum Gasteiger partial charge on any atom is -0.383 e. The van der Waals surface area contributed by atoms with E-state index in [0.29, 0.717) is 18.9 Å². The Labute approximate surface area is 125 Å². The summed E-state index contributed by atoms with van der Waals surface area (Å²) in [5, 5.41) is 13.7. The lowest BCUT2D eigenvalue weighted by molar-refractivity contribution is -0.127. The van der Waals surface area contributed by atoms with Gasteiger partial charge in [-0.2, -0.15) is 0 Å². The Morgan fingerprint density at radius 2 is 2.19 bits per heavy atom. The number of hydrogen-bond acceptors (Lipinski definition) is 3. The Balaban J connectivity index is 1.53. The molecule has 21 heavy (non-hydrogen) atoms. The van der Waals surface area contributed by atoms with Gasteiger partial charge in [-0.3, -0.25) is 4.79 Å². The van der Waals surface area contributed by atoms with Crippen LogP contribution in [-0.2, 0) is 21.6 Å². The second-order valence-electron chi connectivity index (χ2n) is 6.28. The molecule has 4 nitrogen and oxygen atoms in total. The highest BCUT2D eigenvalue weighted by molar-refractivity contribution is 5.77. The number of aryl methyl sites for hydroxylation is 1. The van der Waals surface area contributed by atoms with Crippen molar-refractivity contribution in [3.63, 3.8) is 0 Å². The monoisotopic (exact) mass is 289 g/mol. The van der Waals surface area contributed by atoms with E-state index in [0.717, 1.165) is 18.4 Å². The number of hydrogen-bond donors (Lipinski definition) is 2. The Morgan fingerprint density at radius 1 is 1.38 bits per heavy atom. The predicted molar refractivity (Wildman–Crippen MR) is 79.8 cm³/mol. The highest BCUT2D eigenvalue weighted by Gasteiger charge is 2.34. The normalized spacial score (nSPS) is 24.4. The smallest absolute Gasteiger partial charge is 0.246 e. The molecule has 0 heterocycles. The molecule has 1 aromatic rings. The molecule has 1 fully saturated rings. The Bertz CT molecular complexity index is 513. The molecule has 2 N–H and O–H groups in total. The number of carbonyl (C=O) groups excluding carboxylic acids is 1. The summed E-state index contributed by atoms with van der Waals surface area (Å²) >= 11 is 0. The van der Waals surface area contributed by atoms with Gasteiger partial charge < -0.3 is 15.2 Å². The van der Waals surface area contributed by atoms with Crippen molar-refractivity contribution in [2.24, 2.45) is 5.92 Å². The van der Waals surface area contributed by atoms with E-state index in [4.69, 9.17) is 4.74 Å². The third kappa shape index (κ3) is 3.63. The lowest BCUT2D eigenvalue weighted by Crippen LogP contribution is -2.44. The van der Waals surface area contributed by atoms with Crippen molar-refractivity contribution in [2.45, 2.75) is 37.7 Å². The zero-order valence-corrected chi connectivity index (χ0v) is 12.3. The fraction of sp³-hybridized carbons (Fsp3) is 0.588. The summed E-state index contributed by atoms with van der Waals surface area (Å²) < 4.78 is 5.37. The van der Waals surface area contributed by atoms with Crippen LogP contribution in [0.15, 0.2) is 24.3 Å². The van der Waals surface area contributed by atoms with Crippen molar-refractivity contribution >= 4 is 5.91 Å². The molecule has 114 valence electrons. The van der Waals surface area contributed by atoms with Gasteiger partial charge in [0, 0.05) is 0 Å². The number of ether oxygens (including phenoxy) is 1. The van der Waals surface area contributed by atoms with Crippen molar-refractivity contribution < 1.29 is 14.6 Å². The van der Waals surface area contributed by atoms with E-state index < -0.39 is 5.60 Å². The SMILES string of the molecule is O=C(COCC1CC1)NCC1(O)CCCc2ccccc21. The van der Waals surface area contributed by atoms with Crippen LogP contribution in [0.25, 0.3) is 0 Å². The molecule has 0 aromatic heterocycles. The van der Waals surface area contributed by atoms with Gasteiger partial charge in [0.1, 0.15) is 12.2 Å². The molecule has 4 heteroatoms. The molecule has 0 spiro atoms.